The van der Waals surface area contributed by atoms with Gasteiger partial charge in [0.15, 0.2) is 0 Å². The SMILES string of the molecule is C=CCNC(=O)CNS(=O)(=O)c1ccc(Cl)c(Cl)c1. The van der Waals surface area contributed by atoms with Gasteiger partial charge in [-0.2, -0.15) is 0 Å². The fraction of sp³-hybridized carbons (Fsp3) is 0.182. The zero-order chi connectivity index (χ0) is 14.5. The molecule has 8 heteroatoms. The van der Waals surface area contributed by atoms with Crippen LogP contribution >= 0.6 is 23.2 Å². The molecule has 1 amide bonds. The van der Waals surface area contributed by atoms with Crippen molar-refractivity contribution in [2.24, 2.45) is 0 Å². The molecule has 0 aliphatic heterocycles. The first-order chi connectivity index (χ1) is 8.86. The largest absolute Gasteiger partial charge is 0.352 e. The van der Waals surface area contributed by atoms with Crippen molar-refractivity contribution in [1.29, 1.82) is 0 Å². The fourth-order valence-electron chi connectivity index (χ4n) is 1.14. The predicted molar refractivity (Wildman–Crippen MR) is 74.9 cm³/mol. The molecule has 1 rings (SSSR count). The van der Waals surface area contributed by atoms with E-state index in [2.05, 4.69) is 16.6 Å². The van der Waals surface area contributed by atoms with E-state index in [0.717, 1.165) is 0 Å². The van der Waals surface area contributed by atoms with Crippen molar-refractivity contribution in [3.8, 4) is 0 Å². The van der Waals surface area contributed by atoms with Crippen molar-refractivity contribution in [2.45, 2.75) is 4.90 Å². The number of carbonyl (C=O) groups excluding carboxylic acids is 1. The predicted octanol–water partition coefficient (Wildman–Crippen LogP) is 1.57. The second kappa shape index (κ2) is 6.91. The molecule has 0 atom stereocenters. The van der Waals surface area contributed by atoms with Crippen LogP contribution in [0.25, 0.3) is 0 Å². The van der Waals surface area contributed by atoms with Crippen LogP contribution in [0.4, 0.5) is 0 Å². The monoisotopic (exact) mass is 322 g/mol. The molecule has 0 unspecified atom stereocenters. The molecule has 0 radical (unpaired) electrons. The Hall–Kier alpha value is -1.08. The Morgan fingerprint density at radius 2 is 2.00 bits per heavy atom. The van der Waals surface area contributed by atoms with Crippen LogP contribution in [-0.2, 0) is 14.8 Å². The van der Waals surface area contributed by atoms with Crippen molar-refractivity contribution in [1.82, 2.24) is 10.0 Å². The highest BCUT2D eigenvalue weighted by molar-refractivity contribution is 7.89. The number of halogens is 2. The topological polar surface area (TPSA) is 75.3 Å². The van der Waals surface area contributed by atoms with Gasteiger partial charge in [-0.15, -0.1) is 6.58 Å². The summed E-state index contributed by atoms with van der Waals surface area (Å²) in [5, 5.41) is 2.83. The van der Waals surface area contributed by atoms with Crippen LogP contribution in [0.3, 0.4) is 0 Å². The number of benzene rings is 1. The van der Waals surface area contributed by atoms with Gasteiger partial charge in [0.05, 0.1) is 21.5 Å². The molecule has 19 heavy (non-hydrogen) atoms. The van der Waals surface area contributed by atoms with Crippen molar-refractivity contribution in [3.05, 3.63) is 40.9 Å². The van der Waals surface area contributed by atoms with Crippen molar-refractivity contribution < 1.29 is 13.2 Å². The molecule has 0 fully saturated rings. The highest BCUT2D eigenvalue weighted by Gasteiger charge is 2.16. The summed E-state index contributed by atoms with van der Waals surface area (Å²) >= 11 is 11.4. The van der Waals surface area contributed by atoms with Crippen LogP contribution in [0.15, 0.2) is 35.7 Å². The summed E-state index contributed by atoms with van der Waals surface area (Å²) in [5.41, 5.74) is 0. The van der Waals surface area contributed by atoms with Gasteiger partial charge in [-0.3, -0.25) is 4.79 Å². The van der Waals surface area contributed by atoms with Crippen LogP contribution in [0, 0.1) is 0 Å². The highest BCUT2D eigenvalue weighted by atomic mass is 35.5. The fourth-order valence-corrected chi connectivity index (χ4v) is 2.51. The molecule has 0 saturated heterocycles. The Morgan fingerprint density at radius 3 is 2.58 bits per heavy atom. The number of nitrogens with one attached hydrogen (secondary N) is 2. The Bertz CT molecular complexity index is 588. The molecule has 5 nitrogen and oxygen atoms in total. The quantitative estimate of drug-likeness (QED) is 0.781. The highest BCUT2D eigenvalue weighted by Crippen LogP contribution is 2.24. The Balaban J connectivity index is 2.73. The van der Waals surface area contributed by atoms with Crippen LogP contribution in [0.1, 0.15) is 0 Å². The van der Waals surface area contributed by atoms with E-state index in [4.69, 9.17) is 23.2 Å². The average molecular weight is 323 g/mol. The van der Waals surface area contributed by atoms with E-state index in [1.165, 1.54) is 24.3 Å². The van der Waals surface area contributed by atoms with E-state index in [1.807, 2.05) is 0 Å². The van der Waals surface area contributed by atoms with E-state index < -0.39 is 15.9 Å². The van der Waals surface area contributed by atoms with Gasteiger partial charge >= 0.3 is 0 Å². The van der Waals surface area contributed by atoms with E-state index in [9.17, 15) is 13.2 Å². The normalized spacial score (nSPS) is 11.1. The standard InChI is InChI=1S/C11H12Cl2N2O3S/c1-2-5-14-11(16)7-15-19(17,18)8-3-4-9(12)10(13)6-8/h2-4,6,15H,1,5,7H2,(H,14,16). The summed E-state index contributed by atoms with van der Waals surface area (Å²) in [4.78, 5) is 11.2. The minimum absolute atomic E-state index is 0.0570. The Morgan fingerprint density at radius 1 is 1.32 bits per heavy atom. The minimum atomic E-state index is -3.80. The molecular weight excluding hydrogens is 311 g/mol. The lowest BCUT2D eigenvalue weighted by Crippen LogP contribution is -2.36. The summed E-state index contributed by atoms with van der Waals surface area (Å²) in [6.45, 7) is 3.33. The van der Waals surface area contributed by atoms with Gasteiger partial charge in [0.1, 0.15) is 0 Å². The molecule has 1 aromatic rings. The molecule has 0 heterocycles. The second-order valence-electron chi connectivity index (χ2n) is 3.49. The van der Waals surface area contributed by atoms with E-state index in [1.54, 1.807) is 0 Å². The molecule has 0 aromatic heterocycles. The van der Waals surface area contributed by atoms with Gasteiger partial charge in [0.2, 0.25) is 15.9 Å². The second-order valence-corrected chi connectivity index (χ2v) is 6.07. The van der Waals surface area contributed by atoms with Crippen molar-refractivity contribution >= 4 is 39.1 Å². The van der Waals surface area contributed by atoms with Gasteiger partial charge < -0.3 is 5.32 Å². The Labute approximate surface area is 121 Å². The zero-order valence-corrected chi connectivity index (χ0v) is 12.1. The van der Waals surface area contributed by atoms with Gasteiger partial charge in [-0.1, -0.05) is 29.3 Å². The molecular formula is C11H12Cl2N2O3S. The van der Waals surface area contributed by atoms with Gasteiger partial charge in [0, 0.05) is 6.54 Å². The number of amides is 1. The maximum Gasteiger partial charge on any atom is 0.241 e. The molecule has 0 aliphatic rings. The third kappa shape index (κ3) is 4.83. The maximum atomic E-state index is 11.9. The van der Waals surface area contributed by atoms with E-state index >= 15 is 0 Å². The van der Waals surface area contributed by atoms with Crippen LogP contribution in [0.2, 0.25) is 10.0 Å². The average Bonchev–Trinajstić information content (AvgIpc) is 2.37. The summed E-state index contributed by atoms with van der Waals surface area (Å²) in [7, 11) is -3.80. The van der Waals surface area contributed by atoms with Crippen LogP contribution in [-0.4, -0.2) is 27.4 Å². The van der Waals surface area contributed by atoms with Gasteiger partial charge in [-0.05, 0) is 18.2 Å². The van der Waals surface area contributed by atoms with Crippen LogP contribution < -0.4 is 10.0 Å². The number of hydrogen-bond donors (Lipinski definition) is 2. The third-order valence-electron chi connectivity index (χ3n) is 2.07. The van der Waals surface area contributed by atoms with Gasteiger partial charge in [-0.25, -0.2) is 13.1 Å². The van der Waals surface area contributed by atoms with Crippen molar-refractivity contribution in [3.63, 3.8) is 0 Å². The lowest BCUT2D eigenvalue weighted by Gasteiger charge is -2.07. The summed E-state index contributed by atoms with van der Waals surface area (Å²) in [5.74, 6) is -0.455. The van der Waals surface area contributed by atoms with E-state index in [-0.39, 0.29) is 28.0 Å². The molecule has 1 aromatic carbocycles. The lowest BCUT2D eigenvalue weighted by atomic mass is 10.4. The molecule has 0 saturated carbocycles. The van der Waals surface area contributed by atoms with E-state index in [0.29, 0.717) is 0 Å². The lowest BCUT2D eigenvalue weighted by molar-refractivity contribution is -0.119. The molecule has 104 valence electrons. The molecule has 0 bridgehead atoms. The first-order valence-electron chi connectivity index (χ1n) is 5.19. The third-order valence-corrected chi connectivity index (χ3v) is 4.21. The number of hydrogen-bond acceptors (Lipinski definition) is 3. The molecule has 0 spiro atoms. The van der Waals surface area contributed by atoms with Gasteiger partial charge in [0.25, 0.3) is 0 Å². The first kappa shape index (κ1) is 16.0. The summed E-state index contributed by atoms with van der Waals surface area (Å²) < 4.78 is 25.9. The summed E-state index contributed by atoms with van der Waals surface area (Å²) in [6.07, 6.45) is 1.49. The molecule has 0 aliphatic carbocycles. The zero-order valence-electron chi connectivity index (χ0n) is 9.82. The van der Waals surface area contributed by atoms with Crippen LogP contribution in [0.5, 0.6) is 0 Å². The first-order valence-corrected chi connectivity index (χ1v) is 7.43. The number of carbonyl (C=O) groups is 1. The minimum Gasteiger partial charge on any atom is -0.352 e. The molecule has 2 N–H and O–H groups in total. The summed E-state index contributed by atoms with van der Waals surface area (Å²) in [6, 6.07) is 3.89. The van der Waals surface area contributed by atoms with Crippen molar-refractivity contribution in [2.75, 3.05) is 13.1 Å². The maximum absolute atomic E-state index is 11.9. The number of rotatable bonds is 6. The smallest absolute Gasteiger partial charge is 0.241 e. The number of sulfonamides is 1. The Kier molecular flexibility index (Phi) is 5.81.